The van der Waals surface area contributed by atoms with E-state index in [1.807, 2.05) is 47.3 Å². The van der Waals surface area contributed by atoms with Crippen LogP contribution in [0.15, 0.2) is 46.3 Å². The fourth-order valence-electron chi connectivity index (χ4n) is 2.81. The van der Waals surface area contributed by atoms with Crippen molar-refractivity contribution in [1.82, 2.24) is 14.4 Å². The summed E-state index contributed by atoms with van der Waals surface area (Å²) < 4.78 is 2.80. The standard InChI is InChI=1S/C18H16BrN3OS/c1-24-18-17-20-9-14(22(17)10-16(19)21-18)12-4-6-13(7-5-12)15(23)8-11-2-3-11/h4-7,9-11H,2-3,8H2,1H3. The number of aromatic nitrogens is 3. The lowest BCUT2D eigenvalue weighted by molar-refractivity contribution is 0.0976. The van der Waals surface area contributed by atoms with E-state index in [1.54, 1.807) is 11.8 Å². The number of thioether (sulfide) groups is 1. The van der Waals surface area contributed by atoms with Gasteiger partial charge < -0.3 is 0 Å². The fraction of sp³-hybridized carbons (Fsp3) is 0.278. The largest absolute Gasteiger partial charge is 0.295 e. The molecule has 1 fully saturated rings. The Labute approximate surface area is 152 Å². The van der Waals surface area contributed by atoms with Crippen LogP contribution in [0.4, 0.5) is 0 Å². The van der Waals surface area contributed by atoms with Gasteiger partial charge in [-0.15, -0.1) is 11.8 Å². The van der Waals surface area contributed by atoms with Gasteiger partial charge in [0, 0.05) is 23.7 Å². The first-order valence-corrected chi connectivity index (χ1v) is 9.88. The molecule has 0 aliphatic heterocycles. The number of rotatable bonds is 5. The van der Waals surface area contributed by atoms with Crippen molar-refractivity contribution in [2.24, 2.45) is 5.92 Å². The van der Waals surface area contributed by atoms with Crippen molar-refractivity contribution in [2.75, 3.05) is 6.26 Å². The van der Waals surface area contributed by atoms with Gasteiger partial charge in [0.15, 0.2) is 11.4 Å². The summed E-state index contributed by atoms with van der Waals surface area (Å²) in [4.78, 5) is 21.2. The van der Waals surface area contributed by atoms with Gasteiger partial charge in [-0.1, -0.05) is 24.3 Å². The zero-order valence-corrected chi connectivity index (χ0v) is 15.6. The molecule has 122 valence electrons. The lowest BCUT2D eigenvalue weighted by Gasteiger charge is -2.06. The molecule has 1 aliphatic carbocycles. The van der Waals surface area contributed by atoms with Crippen molar-refractivity contribution in [2.45, 2.75) is 24.3 Å². The number of imidazole rings is 1. The van der Waals surface area contributed by atoms with Crippen LogP contribution in [0.1, 0.15) is 29.6 Å². The zero-order chi connectivity index (χ0) is 16.7. The zero-order valence-electron chi connectivity index (χ0n) is 13.2. The summed E-state index contributed by atoms with van der Waals surface area (Å²) >= 11 is 5.03. The quantitative estimate of drug-likeness (QED) is 0.452. The number of carbonyl (C=O) groups is 1. The summed E-state index contributed by atoms with van der Waals surface area (Å²) in [5.41, 5.74) is 3.67. The Balaban J connectivity index is 1.69. The third-order valence-electron chi connectivity index (χ3n) is 4.30. The van der Waals surface area contributed by atoms with Crippen LogP contribution in [0.3, 0.4) is 0 Å². The minimum atomic E-state index is 0.249. The number of carbonyl (C=O) groups excluding carboxylic acids is 1. The molecular weight excluding hydrogens is 386 g/mol. The molecule has 3 aromatic rings. The highest BCUT2D eigenvalue weighted by molar-refractivity contribution is 9.10. The van der Waals surface area contributed by atoms with Crippen molar-refractivity contribution in [3.05, 3.63) is 46.8 Å². The number of hydrogen-bond acceptors (Lipinski definition) is 4. The van der Waals surface area contributed by atoms with Crippen LogP contribution in [0.2, 0.25) is 0 Å². The molecule has 0 radical (unpaired) electrons. The van der Waals surface area contributed by atoms with Gasteiger partial charge in [0.2, 0.25) is 0 Å². The monoisotopic (exact) mass is 401 g/mol. The van der Waals surface area contributed by atoms with Gasteiger partial charge in [-0.2, -0.15) is 0 Å². The lowest BCUT2D eigenvalue weighted by Crippen LogP contribution is -2.00. The highest BCUT2D eigenvalue weighted by Gasteiger charge is 2.24. The summed E-state index contributed by atoms with van der Waals surface area (Å²) in [7, 11) is 0. The minimum absolute atomic E-state index is 0.249. The number of fused-ring (bicyclic) bond motifs is 1. The van der Waals surface area contributed by atoms with Crippen LogP contribution in [-0.4, -0.2) is 26.4 Å². The summed E-state index contributed by atoms with van der Waals surface area (Å²) in [5.74, 6) is 0.865. The van der Waals surface area contributed by atoms with Crippen molar-refractivity contribution in [3.8, 4) is 11.3 Å². The first-order chi connectivity index (χ1) is 11.7. The molecule has 0 spiro atoms. The Bertz CT molecular complexity index is 916. The van der Waals surface area contributed by atoms with Crippen molar-refractivity contribution < 1.29 is 4.79 Å². The topological polar surface area (TPSA) is 47.3 Å². The number of ketones is 1. The maximum atomic E-state index is 12.2. The second kappa shape index (κ2) is 6.33. The molecule has 24 heavy (non-hydrogen) atoms. The molecule has 2 aromatic heterocycles. The first-order valence-electron chi connectivity index (χ1n) is 7.87. The summed E-state index contributed by atoms with van der Waals surface area (Å²) in [6, 6.07) is 7.84. The van der Waals surface area contributed by atoms with Crippen LogP contribution in [0.25, 0.3) is 16.9 Å². The van der Waals surface area contributed by atoms with Crippen LogP contribution in [0, 0.1) is 5.92 Å². The predicted octanol–water partition coefficient (Wildman–Crippen LogP) is 4.86. The molecule has 0 bridgehead atoms. The van der Waals surface area contributed by atoms with E-state index in [9.17, 15) is 4.79 Å². The Morgan fingerprint density at radius 3 is 2.75 bits per heavy atom. The molecule has 0 unspecified atom stereocenters. The van der Waals surface area contributed by atoms with E-state index >= 15 is 0 Å². The predicted molar refractivity (Wildman–Crippen MR) is 99.6 cm³/mol. The Morgan fingerprint density at radius 2 is 2.08 bits per heavy atom. The smallest absolute Gasteiger partial charge is 0.170 e. The third-order valence-corrected chi connectivity index (χ3v) is 5.34. The molecule has 0 N–H and O–H groups in total. The molecule has 1 aliphatic rings. The highest BCUT2D eigenvalue weighted by Crippen LogP contribution is 2.34. The summed E-state index contributed by atoms with van der Waals surface area (Å²) in [6.45, 7) is 0. The van der Waals surface area contributed by atoms with Gasteiger partial charge in [0.25, 0.3) is 0 Å². The van der Waals surface area contributed by atoms with Gasteiger partial charge in [-0.25, -0.2) is 9.97 Å². The number of hydrogen-bond donors (Lipinski definition) is 0. The molecule has 1 aromatic carbocycles. The average molecular weight is 402 g/mol. The maximum absolute atomic E-state index is 12.2. The van der Waals surface area contributed by atoms with Gasteiger partial charge in [0.05, 0.1) is 11.9 Å². The van der Waals surface area contributed by atoms with E-state index in [0.29, 0.717) is 12.3 Å². The number of benzene rings is 1. The highest BCUT2D eigenvalue weighted by atomic mass is 79.9. The SMILES string of the molecule is CSc1nc(Br)cn2c(-c3ccc(C(=O)CC4CC4)cc3)cnc12. The molecule has 6 heteroatoms. The van der Waals surface area contributed by atoms with E-state index in [2.05, 4.69) is 25.9 Å². The molecule has 4 nitrogen and oxygen atoms in total. The molecule has 0 saturated heterocycles. The second-order valence-corrected chi connectivity index (χ2v) is 7.67. The van der Waals surface area contributed by atoms with Crippen molar-refractivity contribution in [3.63, 3.8) is 0 Å². The van der Waals surface area contributed by atoms with Gasteiger partial charge >= 0.3 is 0 Å². The van der Waals surface area contributed by atoms with Crippen molar-refractivity contribution >= 4 is 39.1 Å². The molecule has 4 rings (SSSR count). The van der Waals surface area contributed by atoms with Gasteiger partial charge in [-0.05, 0) is 40.9 Å². The molecule has 1 saturated carbocycles. The Kier molecular flexibility index (Phi) is 4.18. The average Bonchev–Trinajstić information content (AvgIpc) is 3.31. The minimum Gasteiger partial charge on any atom is -0.295 e. The van der Waals surface area contributed by atoms with Crippen molar-refractivity contribution in [1.29, 1.82) is 0 Å². The van der Waals surface area contributed by atoms with E-state index < -0.39 is 0 Å². The van der Waals surface area contributed by atoms with Gasteiger partial charge in [0.1, 0.15) is 9.63 Å². The van der Waals surface area contributed by atoms with E-state index in [0.717, 1.165) is 32.1 Å². The Morgan fingerprint density at radius 1 is 1.33 bits per heavy atom. The van der Waals surface area contributed by atoms with Crippen LogP contribution >= 0.6 is 27.7 Å². The Hall–Kier alpha value is -1.66. The van der Waals surface area contributed by atoms with Gasteiger partial charge in [-0.3, -0.25) is 9.20 Å². The molecule has 2 heterocycles. The van der Waals surface area contributed by atoms with E-state index in [1.165, 1.54) is 12.8 Å². The fourth-order valence-corrected chi connectivity index (χ4v) is 3.83. The third kappa shape index (κ3) is 3.00. The number of halogens is 1. The normalized spacial score (nSPS) is 14.2. The molecular formula is C18H16BrN3OS. The summed E-state index contributed by atoms with van der Waals surface area (Å²) in [5, 5.41) is 0.881. The first kappa shape index (κ1) is 15.8. The second-order valence-electron chi connectivity index (χ2n) is 6.06. The maximum Gasteiger partial charge on any atom is 0.170 e. The van der Waals surface area contributed by atoms with Crippen LogP contribution in [0.5, 0.6) is 0 Å². The van der Waals surface area contributed by atoms with Crippen LogP contribution in [-0.2, 0) is 0 Å². The molecule has 0 atom stereocenters. The number of Topliss-reactive ketones (excluding diaryl/α,β-unsaturated/α-hetero) is 1. The van der Waals surface area contributed by atoms with E-state index in [4.69, 9.17) is 0 Å². The molecule has 0 amide bonds. The van der Waals surface area contributed by atoms with Crippen LogP contribution < -0.4 is 0 Å². The van der Waals surface area contributed by atoms with E-state index in [-0.39, 0.29) is 5.78 Å². The summed E-state index contributed by atoms with van der Waals surface area (Å²) in [6.07, 6.45) is 8.85. The number of nitrogens with zero attached hydrogens (tertiary/aromatic N) is 3. The lowest BCUT2D eigenvalue weighted by atomic mass is 10.0.